The van der Waals surface area contributed by atoms with Gasteiger partial charge in [-0.25, -0.2) is 0 Å². The second kappa shape index (κ2) is 22.0. The maximum atomic E-state index is 12.4. The van der Waals surface area contributed by atoms with Gasteiger partial charge in [0.1, 0.15) is 24.4 Å². The first-order valence-corrected chi connectivity index (χ1v) is 15.5. The van der Waals surface area contributed by atoms with E-state index in [-0.39, 0.29) is 18.9 Å². The summed E-state index contributed by atoms with van der Waals surface area (Å²) in [4.78, 5) is 110. The molecular weight excluding hydrogens is 686 g/mol. The number of hydrogen-bond donors (Lipinski definition) is 13. The van der Waals surface area contributed by atoms with Crippen molar-refractivity contribution in [3.8, 4) is 0 Å². The summed E-state index contributed by atoms with van der Waals surface area (Å²) in [5.41, 5.74) is 16.1. The number of nitrogens with zero attached hydrogens (tertiary/aromatic N) is 1. The van der Waals surface area contributed by atoms with Gasteiger partial charge in [-0.15, -0.1) is 0 Å². The van der Waals surface area contributed by atoms with Crippen molar-refractivity contribution in [1.82, 2.24) is 37.2 Å². The number of aliphatic imine (C=N–C) groups is 1. The molecule has 0 heterocycles. The summed E-state index contributed by atoms with van der Waals surface area (Å²) >= 11 is 0. The van der Waals surface area contributed by atoms with Crippen LogP contribution in [0.25, 0.3) is 0 Å². The molecule has 0 saturated heterocycles. The Hall–Kier alpha value is -5.63. The summed E-state index contributed by atoms with van der Waals surface area (Å²) in [7, 11) is -4.81. The molecule has 3 atom stereocenters. The first-order chi connectivity index (χ1) is 22.7. The molecule has 0 radical (unpaired) electrons. The van der Waals surface area contributed by atoms with E-state index in [2.05, 4.69) is 26.3 Å². The van der Waals surface area contributed by atoms with E-state index in [1.807, 2.05) is 10.6 Å². The van der Waals surface area contributed by atoms with Crippen molar-refractivity contribution >= 4 is 69.4 Å². The second-order valence-electron chi connectivity index (χ2n) is 9.74. The molecule has 0 aromatic carbocycles. The molecule has 49 heavy (non-hydrogen) atoms. The Balaban J connectivity index is 4.76. The van der Waals surface area contributed by atoms with Gasteiger partial charge in [-0.05, 0) is 12.8 Å². The fourth-order valence-corrected chi connectivity index (χ4v) is 3.93. The smallest absolute Gasteiger partial charge is 0.322 e. The standard InChI is InChI=1S/C23H39N11O14S/c24-11(2-1-3-27-23(25)26)20(43)30-8-17(38)33-12(4-18(39)40)21(44)31-6-15(36)28-5-14(35)29-7-16(37)34-13(10-49(46,47)48)22(45)32-9-19(41)42/h11-13H,1-10,24H2,(H,28,36)(H,29,35)(H,30,43)(H,31,44)(H,32,45)(H,33,38)(H,34,37)(H,39,40)(H,41,42)(H4,25,26,27)(H,46,47,48)/t11-,12-,13-/m0/s1. The number of rotatable bonds is 23. The Bertz CT molecular complexity index is 1390. The quantitative estimate of drug-likeness (QED) is 0.0201. The lowest BCUT2D eigenvalue weighted by molar-refractivity contribution is -0.141. The lowest BCUT2D eigenvalue weighted by Crippen LogP contribution is -2.53. The fourth-order valence-electron chi connectivity index (χ4n) is 3.28. The molecular formula is C23H39N11O14S. The van der Waals surface area contributed by atoms with Crippen LogP contribution in [0.4, 0.5) is 0 Å². The molecule has 0 saturated carbocycles. The Morgan fingerprint density at radius 3 is 1.59 bits per heavy atom. The van der Waals surface area contributed by atoms with Gasteiger partial charge in [0, 0.05) is 6.54 Å². The van der Waals surface area contributed by atoms with Crippen LogP contribution in [-0.4, -0.2) is 146 Å². The van der Waals surface area contributed by atoms with Gasteiger partial charge in [0.2, 0.25) is 41.4 Å². The van der Waals surface area contributed by atoms with E-state index in [0.29, 0.717) is 6.42 Å². The van der Waals surface area contributed by atoms with E-state index in [1.54, 1.807) is 5.32 Å². The van der Waals surface area contributed by atoms with Crippen molar-refractivity contribution in [2.24, 2.45) is 22.2 Å². The molecule has 16 N–H and O–H groups in total. The summed E-state index contributed by atoms with van der Waals surface area (Å²) in [5.74, 6) is -11.6. The topological polar surface area (TPSA) is 423 Å². The number of carbonyl (C=O) groups is 9. The average Bonchev–Trinajstić information content (AvgIpc) is 2.99. The average molecular weight is 726 g/mol. The van der Waals surface area contributed by atoms with Crippen molar-refractivity contribution in [3.05, 3.63) is 0 Å². The highest BCUT2D eigenvalue weighted by atomic mass is 32.2. The van der Waals surface area contributed by atoms with Gasteiger partial charge in [-0.2, -0.15) is 8.42 Å². The highest BCUT2D eigenvalue weighted by molar-refractivity contribution is 7.85. The fraction of sp³-hybridized carbons (Fsp3) is 0.565. The number of nitrogens with two attached hydrogens (primary N) is 3. The Kier molecular flexibility index (Phi) is 19.5. The molecule has 0 spiro atoms. The lowest BCUT2D eigenvalue weighted by Gasteiger charge is -2.18. The summed E-state index contributed by atoms with van der Waals surface area (Å²) < 4.78 is 31.2. The minimum absolute atomic E-state index is 0.138. The van der Waals surface area contributed by atoms with Crippen LogP contribution in [0.15, 0.2) is 4.99 Å². The van der Waals surface area contributed by atoms with E-state index in [0.717, 1.165) is 0 Å². The third-order valence-corrected chi connectivity index (χ3v) is 6.27. The van der Waals surface area contributed by atoms with Gasteiger partial charge in [0.15, 0.2) is 5.96 Å². The Morgan fingerprint density at radius 2 is 1.08 bits per heavy atom. The van der Waals surface area contributed by atoms with Crippen LogP contribution in [-0.2, 0) is 53.3 Å². The second-order valence-corrected chi connectivity index (χ2v) is 11.2. The lowest BCUT2D eigenvalue weighted by atomic mass is 10.1. The maximum absolute atomic E-state index is 12.4. The number of hydrogen-bond acceptors (Lipinski definition) is 13. The number of guanidine groups is 1. The largest absolute Gasteiger partial charge is 0.481 e. The molecule has 0 aromatic heterocycles. The molecule has 0 fully saturated rings. The predicted octanol–water partition coefficient (Wildman–Crippen LogP) is -8.64. The number of nitrogens with one attached hydrogen (secondary N) is 7. The summed E-state index contributed by atoms with van der Waals surface area (Å²) in [6.45, 7) is -3.80. The molecule has 26 heteroatoms. The molecule has 0 rings (SSSR count). The molecule has 276 valence electrons. The van der Waals surface area contributed by atoms with Crippen molar-refractivity contribution in [1.29, 1.82) is 0 Å². The Morgan fingerprint density at radius 1 is 0.633 bits per heavy atom. The van der Waals surface area contributed by atoms with Gasteiger partial charge in [0.05, 0.1) is 38.6 Å². The number of carbonyl (C=O) groups excluding carboxylic acids is 7. The molecule has 0 bridgehead atoms. The monoisotopic (exact) mass is 725 g/mol. The first-order valence-electron chi connectivity index (χ1n) is 13.8. The van der Waals surface area contributed by atoms with Crippen molar-refractivity contribution < 1.29 is 66.3 Å². The summed E-state index contributed by atoms with van der Waals surface area (Å²) in [6, 6.07) is -4.62. The zero-order chi connectivity index (χ0) is 37.7. The molecule has 0 aliphatic carbocycles. The van der Waals surface area contributed by atoms with E-state index in [4.69, 9.17) is 32.0 Å². The minimum Gasteiger partial charge on any atom is -0.481 e. The molecule has 25 nitrogen and oxygen atoms in total. The first kappa shape index (κ1) is 43.4. The molecule has 7 amide bonds. The van der Waals surface area contributed by atoms with Gasteiger partial charge in [-0.3, -0.25) is 52.7 Å². The third kappa shape index (κ3) is 22.5. The van der Waals surface area contributed by atoms with E-state index >= 15 is 0 Å². The van der Waals surface area contributed by atoms with Crippen molar-refractivity contribution in [3.63, 3.8) is 0 Å². The normalized spacial score (nSPS) is 12.4. The van der Waals surface area contributed by atoms with Crippen LogP contribution in [0, 0.1) is 0 Å². The van der Waals surface area contributed by atoms with Crippen LogP contribution in [0.3, 0.4) is 0 Å². The summed E-state index contributed by atoms with van der Waals surface area (Å²) in [5, 5.41) is 31.8. The molecule has 0 aliphatic rings. The van der Waals surface area contributed by atoms with Crippen LogP contribution in [0.5, 0.6) is 0 Å². The number of carboxylic acids is 2. The minimum atomic E-state index is -4.81. The predicted molar refractivity (Wildman–Crippen MR) is 163 cm³/mol. The maximum Gasteiger partial charge on any atom is 0.322 e. The third-order valence-electron chi connectivity index (χ3n) is 5.52. The van der Waals surface area contributed by atoms with E-state index in [9.17, 15) is 51.6 Å². The van der Waals surface area contributed by atoms with Gasteiger partial charge in [-0.1, -0.05) is 0 Å². The molecule has 0 aromatic rings. The van der Waals surface area contributed by atoms with Gasteiger partial charge in [0.25, 0.3) is 10.1 Å². The number of amides is 7. The summed E-state index contributed by atoms with van der Waals surface area (Å²) in [6.07, 6.45) is -0.378. The van der Waals surface area contributed by atoms with Crippen LogP contribution in [0.2, 0.25) is 0 Å². The van der Waals surface area contributed by atoms with Crippen molar-refractivity contribution in [2.75, 3.05) is 45.0 Å². The number of carboxylic acid groups (broad SMARTS) is 2. The Labute approximate surface area is 277 Å². The number of aliphatic carboxylic acids is 2. The van der Waals surface area contributed by atoms with Crippen LogP contribution < -0.4 is 54.4 Å². The van der Waals surface area contributed by atoms with Gasteiger partial charge >= 0.3 is 11.9 Å². The SMILES string of the molecule is NC(N)=NCCC[C@H](N)C(=O)NCC(=O)N[C@@H](CC(=O)O)C(=O)NCC(=O)NCC(=O)NCC(=O)N[C@@H](CS(=O)(=O)O)C(=O)NCC(=O)O. The van der Waals surface area contributed by atoms with E-state index in [1.165, 1.54) is 0 Å². The highest BCUT2D eigenvalue weighted by Crippen LogP contribution is 1.97. The van der Waals surface area contributed by atoms with Crippen LogP contribution in [0.1, 0.15) is 19.3 Å². The zero-order valence-electron chi connectivity index (χ0n) is 25.7. The zero-order valence-corrected chi connectivity index (χ0v) is 26.5. The van der Waals surface area contributed by atoms with E-state index < -0.39 is 126 Å². The molecule has 0 unspecified atom stereocenters. The molecule has 0 aliphatic heterocycles. The van der Waals surface area contributed by atoms with Gasteiger partial charge < -0.3 is 64.6 Å². The van der Waals surface area contributed by atoms with Crippen molar-refractivity contribution in [2.45, 2.75) is 37.4 Å². The highest BCUT2D eigenvalue weighted by Gasteiger charge is 2.27. The van der Waals surface area contributed by atoms with Crippen LogP contribution >= 0.6 is 0 Å².